The molecule has 3 rings (SSSR count). The second-order valence-corrected chi connectivity index (χ2v) is 8.44. The van der Waals surface area contributed by atoms with Gasteiger partial charge in [0.25, 0.3) is 5.56 Å². The zero-order chi connectivity index (χ0) is 20.6. The molecular weight excluding hydrogens is 352 g/mol. The molecule has 1 aliphatic heterocycles. The lowest BCUT2D eigenvalue weighted by Crippen LogP contribution is -2.29. The van der Waals surface area contributed by atoms with Crippen molar-refractivity contribution >= 4 is 5.97 Å². The van der Waals surface area contributed by atoms with Gasteiger partial charge in [0.1, 0.15) is 5.56 Å². The molecule has 0 fully saturated rings. The summed E-state index contributed by atoms with van der Waals surface area (Å²) in [5.41, 5.74) is 3.37. The van der Waals surface area contributed by atoms with E-state index in [1.807, 2.05) is 51.4 Å². The van der Waals surface area contributed by atoms with Crippen LogP contribution >= 0.6 is 0 Å². The molecule has 0 spiro atoms. The van der Waals surface area contributed by atoms with E-state index in [1.165, 1.54) is 0 Å². The molecule has 0 bridgehead atoms. The average Bonchev–Trinajstić information content (AvgIpc) is 2.87. The Labute approximate surface area is 166 Å². The van der Waals surface area contributed by atoms with E-state index >= 15 is 0 Å². The SMILES string of the molecule is CC#Cc1cc(C)c(-c2c(OC(=O)C(C)(C)C)n3n(c2=O)CCCC3)c(C)c1. The summed E-state index contributed by atoms with van der Waals surface area (Å²) in [4.78, 5) is 26.0. The number of benzene rings is 1. The summed E-state index contributed by atoms with van der Waals surface area (Å²) in [6, 6.07) is 3.96. The zero-order valence-electron chi connectivity index (χ0n) is 17.6. The summed E-state index contributed by atoms with van der Waals surface area (Å²) >= 11 is 0. The van der Waals surface area contributed by atoms with Crippen LogP contribution < -0.4 is 10.3 Å². The van der Waals surface area contributed by atoms with Gasteiger partial charge in [-0.05, 0) is 83.2 Å². The van der Waals surface area contributed by atoms with Crippen LogP contribution in [-0.4, -0.2) is 15.3 Å². The highest BCUT2D eigenvalue weighted by Crippen LogP contribution is 2.35. The number of esters is 1. The van der Waals surface area contributed by atoms with Gasteiger partial charge in [0.2, 0.25) is 5.88 Å². The molecule has 0 unspecified atom stereocenters. The Bertz CT molecular complexity index is 1030. The monoisotopic (exact) mass is 380 g/mol. The van der Waals surface area contributed by atoms with Crippen molar-refractivity contribution in [3.05, 3.63) is 39.2 Å². The molecule has 0 saturated carbocycles. The number of hydrogen-bond acceptors (Lipinski definition) is 3. The largest absolute Gasteiger partial charge is 0.407 e. The number of rotatable bonds is 2. The van der Waals surface area contributed by atoms with Crippen LogP contribution in [0.5, 0.6) is 5.88 Å². The molecule has 1 aromatic carbocycles. The van der Waals surface area contributed by atoms with Crippen molar-refractivity contribution in [3.8, 4) is 28.8 Å². The first-order valence-electron chi connectivity index (χ1n) is 9.75. The number of ether oxygens (including phenoxy) is 1. The van der Waals surface area contributed by atoms with E-state index in [0.29, 0.717) is 24.5 Å². The quantitative estimate of drug-likeness (QED) is 0.583. The lowest BCUT2D eigenvalue weighted by Gasteiger charge is -2.21. The predicted molar refractivity (Wildman–Crippen MR) is 110 cm³/mol. The molecular formula is C23H28N2O3. The molecule has 5 heteroatoms. The van der Waals surface area contributed by atoms with E-state index in [1.54, 1.807) is 11.6 Å². The number of carbonyl (C=O) groups is 1. The van der Waals surface area contributed by atoms with Crippen molar-refractivity contribution in [1.29, 1.82) is 0 Å². The number of hydrogen-bond donors (Lipinski definition) is 0. The highest BCUT2D eigenvalue weighted by molar-refractivity contribution is 5.82. The van der Waals surface area contributed by atoms with Gasteiger partial charge < -0.3 is 4.74 Å². The van der Waals surface area contributed by atoms with Crippen LogP contribution in [-0.2, 0) is 17.9 Å². The minimum Gasteiger partial charge on any atom is -0.407 e. The van der Waals surface area contributed by atoms with Crippen LogP contribution in [0.1, 0.15) is 57.2 Å². The molecule has 2 aromatic rings. The van der Waals surface area contributed by atoms with Crippen molar-refractivity contribution in [2.75, 3.05) is 0 Å². The van der Waals surface area contributed by atoms with Crippen molar-refractivity contribution in [2.45, 2.75) is 67.5 Å². The zero-order valence-corrected chi connectivity index (χ0v) is 17.6. The van der Waals surface area contributed by atoms with Gasteiger partial charge in [0.15, 0.2) is 0 Å². The number of fused-ring (bicyclic) bond motifs is 1. The first kappa shape index (κ1) is 20.0. The van der Waals surface area contributed by atoms with Gasteiger partial charge in [-0.1, -0.05) is 5.92 Å². The normalized spacial score (nSPS) is 13.5. The highest BCUT2D eigenvalue weighted by Gasteiger charge is 2.31. The Hall–Kier alpha value is -2.74. The highest BCUT2D eigenvalue weighted by atomic mass is 16.5. The van der Waals surface area contributed by atoms with Crippen LogP contribution in [0.25, 0.3) is 11.1 Å². The lowest BCUT2D eigenvalue weighted by atomic mass is 9.94. The van der Waals surface area contributed by atoms with Crippen LogP contribution in [0.2, 0.25) is 0 Å². The maximum absolute atomic E-state index is 13.3. The maximum atomic E-state index is 13.3. The smallest absolute Gasteiger partial charge is 0.317 e. The number of carbonyl (C=O) groups excluding carboxylic acids is 1. The Balaban J connectivity index is 2.26. The maximum Gasteiger partial charge on any atom is 0.317 e. The van der Waals surface area contributed by atoms with E-state index in [4.69, 9.17) is 4.74 Å². The number of nitrogens with zero attached hydrogens (tertiary/aromatic N) is 2. The van der Waals surface area contributed by atoms with Gasteiger partial charge in [-0.25, -0.2) is 4.68 Å². The van der Waals surface area contributed by atoms with E-state index in [2.05, 4.69) is 11.8 Å². The first-order chi connectivity index (χ1) is 13.1. The minimum atomic E-state index is -0.658. The Morgan fingerprint density at radius 2 is 1.61 bits per heavy atom. The molecule has 0 atom stereocenters. The predicted octanol–water partition coefficient (Wildman–Crippen LogP) is 4.05. The van der Waals surface area contributed by atoms with Gasteiger partial charge in [-0.3, -0.25) is 14.3 Å². The summed E-state index contributed by atoms with van der Waals surface area (Å²) in [6.07, 6.45) is 1.90. The Morgan fingerprint density at radius 1 is 1.04 bits per heavy atom. The van der Waals surface area contributed by atoms with Crippen LogP contribution in [0.4, 0.5) is 0 Å². The molecule has 28 heavy (non-hydrogen) atoms. The summed E-state index contributed by atoms with van der Waals surface area (Å²) in [5, 5.41) is 0. The van der Waals surface area contributed by atoms with Gasteiger partial charge in [0, 0.05) is 18.7 Å². The van der Waals surface area contributed by atoms with Gasteiger partial charge in [-0.2, -0.15) is 0 Å². The number of aromatic nitrogens is 2. The van der Waals surface area contributed by atoms with Crippen LogP contribution in [0, 0.1) is 31.1 Å². The summed E-state index contributed by atoms with van der Waals surface area (Å²) < 4.78 is 9.39. The van der Waals surface area contributed by atoms with Crippen LogP contribution in [0.3, 0.4) is 0 Å². The number of aryl methyl sites for hydroxylation is 2. The molecule has 2 heterocycles. The van der Waals surface area contributed by atoms with E-state index in [-0.39, 0.29) is 11.5 Å². The second kappa shape index (κ2) is 7.35. The molecule has 148 valence electrons. The van der Waals surface area contributed by atoms with Crippen molar-refractivity contribution in [1.82, 2.24) is 9.36 Å². The first-order valence-corrected chi connectivity index (χ1v) is 9.75. The molecule has 0 N–H and O–H groups in total. The fraction of sp³-hybridized carbons (Fsp3) is 0.478. The summed E-state index contributed by atoms with van der Waals surface area (Å²) in [5.74, 6) is 6.01. The van der Waals surface area contributed by atoms with Crippen molar-refractivity contribution in [3.63, 3.8) is 0 Å². The lowest BCUT2D eigenvalue weighted by molar-refractivity contribution is -0.143. The third-order valence-corrected chi connectivity index (χ3v) is 5.03. The second-order valence-electron chi connectivity index (χ2n) is 8.44. The standard InChI is InChI=1S/C23H28N2O3/c1-7-10-17-13-15(2)18(16(3)14-17)19-20(26)24-11-8-9-12-25(24)21(19)28-22(27)23(4,5)6/h13-14H,8-9,11-12H2,1-6H3. The summed E-state index contributed by atoms with van der Waals surface area (Å²) in [6.45, 7) is 12.5. The molecule has 1 aliphatic rings. The van der Waals surface area contributed by atoms with Gasteiger partial charge in [-0.15, -0.1) is 5.92 Å². The topological polar surface area (TPSA) is 53.2 Å². The van der Waals surface area contributed by atoms with Crippen molar-refractivity contribution in [2.24, 2.45) is 5.41 Å². The average molecular weight is 380 g/mol. The Kier molecular flexibility index (Phi) is 5.25. The van der Waals surface area contributed by atoms with Gasteiger partial charge in [0.05, 0.1) is 5.41 Å². The fourth-order valence-corrected chi connectivity index (χ4v) is 3.67. The fourth-order valence-electron chi connectivity index (χ4n) is 3.67. The van der Waals surface area contributed by atoms with E-state index < -0.39 is 5.41 Å². The van der Waals surface area contributed by atoms with E-state index in [0.717, 1.165) is 35.1 Å². The molecule has 1 aromatic heterocycles. The molecule has 0 radical (unpaired) electrons. The van der Waals surface area contributed by atoms with Gasteiger partial charge >= 0.3 is 5.97 Å². The van der Waals surface area contributed by atoms with E-state index in [9.17, 15) is 9.59 Å². The third-order valence-electron chi connectivity index (χ3n) is 5.03. The third kappa shape index (κ3) is 3.52. The van der Waals surface area contributed by atoms with Crippen LogP contribution in [0.15, 0.2) is 16.9 Å². The molecule has 5 nitrogen and oxygen atoms in total. The molecule has 0 saturated heterocycles. The molecule has 0 amide bonds. The summed E-state index contributed by atoms with van der Waals surface area (Å²) in [7, 11) is 0. The molecule has 0 aliphatic carbocycles. The van der Waals surface area contributed by atoms with Crippen molar-refractivity contribution < 1.29 is 9.53 Å². The Morgan fingerprint density at radius 3 is 2.14 bits per heavy atom. The minimum absolute atomic E-state index is 0.100.